The lowest BCUT2D eigenvalue weighted by Gasteiger charge is -2.07. The number of carbonyl (C=O) groups is 2. The summed E-state index contributed by atoms with van der Waals surface area (Å²) in [6, 6.07) is 12.6. The second-order valence-electron chi connectivity index (χ2n) is 4.57. The first-order valence-electron chi connectivity index (χ1n) is 6.45. The summed E-state index contributed by atoms with van der Waals surface area (Å²) in [7, 11) is 0. The molecule has 0 aliphatic rings. The molecule has 0 fully saturated rings. The number of carbonyl (C=O) groups excluding carboxylic acids is 2. The molecule has 0 saturated carbocycles. The van der Waals surface area contributed by atoms with Crippen molar-refractivity contribution in [2.75, 3.05) is 5.32 Å². The molecule has 2 amide bonds. The highest BCUT2D eigenvalue weighted by Crippen LogP contribution is 2.10. The van der Waals surface area contributed by atoms with Crippen LogP contribution in [-0.2, 0) is 11.3 Å². The van der Waals surface area contributed by atoms with Gasteiger partial charge in [-0.3, -0.25) is 9.59 Å². The van der Waals surface area contributed by atoms with Crippen molar-refractivity contribution in [3.05, 3.63) is 65.5 Å². The van der Waals surface area contributed by atoms with Gasteiger partial charge in [0.15, 0.2) is 0 Å². The van der Waals surface area contributed by atoms with Crippen molar-refractivity contribution in [1.29, 1.82) is 0 Å². The molecular weight excluding hydrogens is 271 g/mol. The van der Waals surface area contributed by atoms with Crippen molar-refractivity contribution in [3.8, 4) is 0 Å². The van der Waals surface area contributed by atoms with Crippen molar-refractivity contribution in [3.63, 3.8) is 0 Å². The van der Waals surface area contributed by atoms with Gasteiger partial charge in [0.2, 0.25) is 5.91 Å². The molecule has 4 nitrogen and oxygen atoms in total. The SMILES string of the molecule is CC(=O)Nc1ccc(C(=O)NCc2cccc(F)c2)cc1. The Balaban J connectivity index is 1.95. The average molecular weight is 286 g/mol. The molecule has 21 heavy (non-hydrogen) atoms. The summed E-state index contributed by atoms with van der Waals surface area (Å²) < 4.78 is 13.0. The molecule has 0 aromatic heterocycles. The van der Waals surface area contributed by atoms with E-state index in [1.807, 2.05) is 0 Å². The number of hydrogen-bond donors (Lipinski definition) is 2. The molecule has 2 aromatic rings. The second kappa shape index (κ2) is 6.65. The van der Waals surface area contributed by atoms with Crippen LogP contribution in [0.5, 0.6) is 0 Å². The molecule has 2 aromatic carbocycles. The first kappa shape index (κ1) is 14.7. The number of nitrogens with one attached hydrogen (secondary N) is 2. The van der Waals surface area contributed by atoms with Crippen molar-refractivity contribution >= 4 is 17.5 Å². The van der Waals surface area contributed by atoms with Crippen LogP contribution in [-0.4, -0.2) is 11.8 Å². The third kappa shape index (κ3) is 4.42. The fourth-order valence-electron chi connectivity index (χ4n) is 1.84. The number of halogens is 1. The van der Waals surface area contributed by atoms with E-state index >= 15 is 0 Å². The summed E-state index contributed by atoms with van der Waals surface area (Å²) in [5.41, 5.74) is 1.79. The molecular formula is C16H15FN2O2. The van der Waals surface area contributed by atoms with Crippen molar-refractivity contribution < 1.29 is 14.0 Å². The first-order chi connectivity index (χ1) is 10.0. The lowest BCUT2D eigenvalue weighted by Crippen LogP contribution is -2.22. The first-order valence-corrected chi connectivity index (χ1v) is 6.45. The standard InChI is InChI=1S/C16H15FN2O2/c1-11(20)19-15-7-5-13(6-8-15)16(21)18-10-12-3-2-4-14(17)9-12/h2-9H,10H2,1H3,(H,18,21)(H,19,20). The van der Waals surface area contributed by atoms with E-state index in [0.29, 0.717) is 16.8 Å². The van der Waals surface area contributed by atoms with E-state index < -0.39 is 0 Å². The molecule has 0 bridgehead atoms. The summed E-state index contributed by atoms with van der Waals surface area (Å²) >= 11 is 0. The fraction of sp³-hybridized carbons (Fsp3) is 0.125. The Morgan fingerprint density at radius 1 is 1.10 bits per heavy atom. The molecule has 0 unspecified atom stereocenters. The van der Waals surface area contributed by atoms with Gasteiger partial charge >= 0.3 is 0 Å². The van der Waals surface area contributed by atoms with Gasteiger partial charge in [-0.05, 0) is 42.0 Å². The fourth-order valence-corrected chi connectivity index (χ4v) is 1.84. The lowest BCUT2D eigenvalue weighted by atomic mass is 10.1. The smallest absolute Gasteiger partial charge is 0.251 e. The molecule has 0 heterocycles. The van der Waals surface area contributed by atoms with Crippen LogP contribution in [0.2, 0.25) is 0 Å². The number of amides is 2. The summed E-state index contributed by atoms with van der Waals surface area (Å²) in [4.78, 5) is 22.8. The highest BCUT2D eigenvalue weighted by atomic mass is 19.1. The largest absolute Gasteiger partial charge is 0.348 e. The van der Waals surface area contributed by atoms with E-state index in [1.165, 1.54) is 19.1 Å². The number of anilines is 1. The van der Waals surface area contributed by atoms with Crippen molar-refractivity contribution in [2.45, 2.75) is 13.5 Å². The normalized spacial score (nSPS) is 10.0. The van der Waals surface area contributed by atoms with Crippen LogP contribution in [0.3, 0.4) is 0 Å². The van der Waals surface area contributed by atoms with Crippen LogP contribution in [0.1, 0.15) is 22.8 Å². The number of rotatable bonds is 4. The highest BCUT2D eigenvalue weighted by molar-refractivity contribution is 5.95. The Labute approximate surface area is 122 Å². The Morgan fingerprint density at radius 2 is 1.81 bits per heavy atom. The predicted molar refractivity (Wildman–Crippen MR) is 78.3 cm³/mol. The van der Waals surface area contributed by atoms with E-state index in [9.17, 15) is 14.0 Å². The lowest BCUT2D eigenvalue weighted by molar-refractivity contribution is -0.114. The average Bonchev–Trinajstić information content (AvgIpc) is 2.45. The van der Waals surface area contributed by atoms with Gasteiger partial charge in [-0.2, -0.15) is 0 Å². The highest BCUT2D eigenvalue weighted by Gasteiger charge is 2.06. The van der Waals surface area contributed by atoms with Gasteiger partial charge in [-0.25, -0.2) is 4.39 Å². The number of hydrogen-bond acceptors (Lipinski definition) is 2. The second-order valence-corrected chi connectivity index (χ2v) is 4.57. The monoisotopic (exact) mass is 286 g/mol. The van der Waals surface area contributed by atoms with Gasteiger partial charge in [-0.15, -0.1) is 0 Å². The van der Waals surface area contributed by atoms with Crippen molar-refractivity contribution in [2.24, 2.45) is 0 Å². The predicted octanol–water partition coefficient (Wildman–Crippen LogP) is 2.71. The number of benzene rings is 2. The van der Waals surface area contributed by atoms with Gasteiger partial charge in [0.1, 0.15) is 5.82 Å². The third-order valence-corrected chi connectivity index (χ3v) is 2.81. The van der Waals surface area contributed by atoms with Crippen LogP contribution >= 0.6 is 0 Å². The van der Waals surface area contributed by atoms with E-state index in [2.05, 4.69) is 10.6 Å². The molecule has 0 atom stereocenters. The molecule has 108 valence electrons. The summed E-state index contributed by atoms with van der Waals surface area (Å²) in [6.07, 6.45) is 0. The zero-order valence-corrected chi connectivity index (χ0v) is 11.5. The zero-order chi connectivity index (χ0) is 15.2. The Hall–Kier alpha value is -2.69. The van der Waals surface area contributed by atoms with Crippen LogP contribution in [0.4, 0.5) is 10.1 Å². The minimum absolute atomic E-state index is 0.168. The van der Waals surface area contributed by atoms with E-state index in [-0.39, 0.29) is 24.2 Å². The molecule has 0 radical (unpaired) electrons. The molecule has 5 heteroatoms. The quantitative estimate of drug-likeness (QED) is 0.908. The minimum atomic E-state index is -0.332. The van der Waals surface area contributed by atoms with Gasteiger partial charge in [0, 0.05) is 24.7 Å². The Bertz CT molecular complexity index is 654. The van der Waals surface area contributed by atoms with Gasteiger partial charge in [0.05, 0.1) is 0 Å². The van der Waals surface area contributed by atoms with Crippen LogP contribution in [0, 0.1) is 5.82 Å². The molecule has 2 N–H and O–H groups in total. The van der Waals surface area contributed by atoms with E-state index in [4.69, 9.17) is 0 Å². The molecule has 2 rings (SSSR count). The third-order valence-electron chi connectivity index (χ3n) is 2.81. The molecule has 0 aliphatic heterocycles. The molecule has 0 saturated heterocycles. The molecule has 0 spiro atoms. The summed E-state index contributed by atoms with van der Waals surface area (Å²) in [5.74, 6) is -0.756. The van der Waals surface area contributed by atoms with Gasteiger partial charge < -0.3 is 10.6 Å². The van der Waals surface area contributed by atoms with Crippen molar-refractivity contribution in [1.82, 2.24) is 5.32 Å². The van der Waals surface area contributed by atoms with Gasteiger partial charge in [-0.1, -0.05) is 12.1 Å². The maximum atomic E-state index is 13.0. The van der Waals surface area contributed by atoms with Gasteiger partial charge in [0.25, 0.3) is 5.91 Å². The summed E-state index contributed by atoms with van der Waals surface area (Å²) in [6.45, 7) is 1.67. The topological polar surface area (TPSA) is 58.2 Å². The van der Waals surface area contributed by atoms with E-state index in [0.717, 1.165) is 0 Å². The molecule has 0 aliphatic carbocycles. The van der Waals surface area contributed by atoms with E-state index in [1.54, 1.807) is 36.4 Å². The summed E-state index contributed by atoms with van der Waals surface area (Å²) in [5, 5.41) is 5.33. The van der Waals surface area contributed by atoms with Crippen LogP contribution in [0.25, 0.3) is 0 Å². The Kier molecular flexibility index (Phi) is 4.66. The maximum Gasteiger partial charge on any atom is 0.251 e. The maximum absolute atomic E-state index is 13.0. The zero-order valence-electron chi connectivity index (χ0n) is 11.5. The Morgan fingerprint density at radius 3 is 2.43 bits per heavy atom. The van der Waals surface area contributed by atoms with Crippen LogP contribution < -0.4 is 10.6 Å². The van der Waals surface area contributed by atoms with Crippen LogP contribution in [0.15, 0.2) is 48.5 Å². The minimum Gasteiger partial charge on any atom is -0.348 e.